The zero-order chi connectivity index (χ0) is 11.3. The van der Waals surface area contributed by atoms with Gasteiger partial charge in [0.05, 0.1) is 6.61 Å². The van der Waals surface area contributed by atoms with Crippen molar-refractivity contribution in [1.82, 2.24) is 0 Å². The lowest BCUT2D eigenvalue weighted by Crippen LogP contribution is -2.19. The first-order chi connectivity index (χ1) is 7.13. The normalized spacial score (nSPS) is 12.9. The summed E-state index contributed by atoms with van der Waals surface area (Å²) in [5, 5.41) is 0. The van der Waals surface area contributed by atoms with Gasteiger partial charge in [-0.15, -0.1) is 0 Å². The van der Waals surface area contributed by atoms with E-state index >= 15 is 0 Å². The molecule has 0 amide bonds. The van der Waals surface area contributed by atoms with Crippen LogP contribution in [0.25, 0.3) is 0 Å². The molecule has 1 atom stereocenters. The Morgan fingerprint density at radius 2 is 2.13 bits per heavy atom. The molecule has 0 N–H and O–H groups in total. The van der Waals surface area contributed by atoms with Gasteiger partial charge in [-0.3, -0.25) is 0 Å². The summed E-state index contributed by atoms with van der Waals surface area (Å²) in [6.07, 6.45) is 0. The molecule has 1 nitrogen and oxygen atoms in total. The SMILES string of the molecule is CC(C)C(CS)COc1cccc(F)c1. The van der Waals surface area contributed by atoms with E-state index in [4.69, 9.17) is 4.74 Å². The van der Waals surface area contributed by atoms with Crippen LogP contribution in [0.2, 0.25) is 0 Å². The number of hydrogen-bond acceptors (Lipinski definition) is 2. The van der Waals surface area contributed by atoms with Crippen molar-refractivity contribution in [2.24, 2.45) is 11.8 Å². The highest BCUT2D eigenvalue weighted by atomic mass is 32.1. The van der Waals surface area contributed by atoms with Crippen LogP contribution in [0.5, 0.6) is 5.75 Å². The van der Waals surface area contributed by atoms with Crippen LogP contribution < -0.4 is 4.74 Å². The summed E-state index contributed by atoms with van der Waals surface area (Å²) in [7, 11) is 0. The second-order valence-electron chi connectivity index (χ2n) is 3.96. The lowest BCUT2D eigenvalue weighted by molar-refractivity contribution is 0.226. The molecule has 0 radical (unpaired) electrons. The largest absolute Gasteiger partial charge is 0.493 e. The van der Waals surface area contributed by atoms with E-state index in [1.807, 2.05) is 0 Å². The Labute approximate surface area is 96.1 Å². The van der Waals surface area contributed by atoms with Gasteiger partial charge in [0.2, 0.25) is 0 Å². The molecule has 1 aromatic rings. The first kappa shape index (κ1) is 12.4. The van der Waals surface area contributed by atoms with Crippen molar-refractivity contribution in [3.63, 3.8) is 0 Å². The van der Waals surface area contributed by atoms with E-state index < -0.39 is 0 Å². The van der Waals surface area contributed by atoms with E-state index in [1.54, 1.807) is 12.1 Å². The molecule has 0 bridgehead atoms. The second-order valence-corrected chi connectivity index (χ2v) is 4.32. The van der Waals surface area contributed by atoms with Crippen molar-refractivity contribution in [2.75, 3.05) is 12.4 Å². The number of rotatable bonds is 5. The van der Waals surface area contributed by atoms with E-state index in [-0.39, 0.29) is 5.82 Å². The molecule has 0 aliphatic heterocycles. The van der Waals surface area contributed by atoms with Gasteiger partial charge in [-0.25, -0.2) is 4.39 Å². The summed E-state index contributed by atoms with van der Waals surface area (Å²) in [5.74, 6) is 2.03. The quantitative estimate of drug-likeness (QED) is 0.760. The van der Waals surface area contributed by atoms with Crippen LogP contribution in [0, 0.1) is 17.7 Å². The monoisotopic (exact) mass is 228 g/mol. The van der Waals surface area contributed by atoms with Gasteiger partial charge in [0.15, 0.2) is 0 Å². The van der Waals surface area contributed by atoms with Crippen LogP contribution >= 0.6 is 12.6 Å². The zero-order valence-electron chi connectivity index (χ0n) is 9.11. The van der Waals surface area contributed by atoms with E-state index in [0.717, 1.165) is 5.75 Å². The third-order valence-electron chi connectivity index (χ3n) is 2.44. The maximum Gasteiger partial charge on any atom is 0.126 e. The number of thiol groups is 1. The average molecular weight is 228 g/mol. The highest BCUT2D eigenvalue weighted by molar-refractivity contribution is 7.80. The lowest BCUT2D eigenvalue weighted by atomic mass is 9.99. The summed E-state index contributed by atoms with van der Waals surface area (Å²) in [6.45, 7) is 4.86. The van der Waals surface area contributed by atoms with Crippen molar-refractivity contribution in [3.05, 3.63) is 30.1 Å². The predicted octanol–water partition coefficient (Wildman–Crippen LogP) is 3.41. The van der Waals surface area contributed by atoms with E-state index in [0.29, 0.717) is 24.2 Å². The molecule has 0 saturated heterocycles. The fourth-order valence-corrected chi connectivity index (χ4v) is 1.74. The molecule has 3 heteroatoms. The minimum atomic E-state index is -0.264. The van der Waals surface area contributed by atoms with Crippen molar-refractivity contribution < 1.29 is 9.13 Å². The molecule has 0 aliphatic carbocycles. The highest BCUT2D eigenvalue weighted by Crippen LogP contribution is 2.17. The third-order valence-corrected chi connectivity index (χ3v) is 2.91. The standard InChI is InChI=1S/C12H17FOS/c1-9(2)10(8-15)7-14-12-5-3-4-11(13)6-12/h3-6,9-10,15H,7-8H2,1-2H3. The Balaban J connectivity index is 2.49. The maximum absolute atomic E-state index is 12.8. The van der Waals surface area contributed by atoms with Crippen LogP contribution in [0.4, 0.5) is 4.39 Å². The topological polar surface area (TPSA) is 9.23 Å². The molecule has 1 aromatic carbocycles. The molecule has 1 unspecified atom stereocenters. The van der Waals surface area contributed by atoms with Gasteiger partial charge in [0, 0.05) is 12.0 Å². The fourth-order valence-electron chi connectivity index (χ4n) is 1.22. The molecule has 1 rings (SSSR count). The molecular weight excluding hydrogens is 211 g/mol. The van der Waals surface area contributed by atoms with Crippen molar-refractivity contribution >= 4 is 12.6 Å². The van der Waals surface area contributed by atoms with Crippen molar-refractivity contribution in [3.8, 4) is 5.75 Å². The summed E-state index contributed by atoms with van der Waals surface area (Å²) in [6, 6.07) is 6.22. The van der Waals surface area contributed by atoms with Gasteiger partial charge in [0.25, 0.3) is 0 Å². The summed E-state index contributed by atoms with van der Waals surface area (Å²) in [4.78, 5) is 0. The summed E-state index contributed by atoms with van der Waals surface area (Å²) >= 11 is 4.27. The Morgan fingerprint density at radius 3 is 2.67 bits per heavy atom. The van der Waals surface area contributed by atoms with E-state index in [9.17, 15) is 4.39 Å². The molecule has 0 heterocycles. The van der Waals surface area contributed by atoms with Gasteiger partial charge in [-0.05, 0) is 23.8 Å². The zero-order valence-corrected chi connectivity index (χ0v) is 10.0. The maximum atomic E-state index is 12.8. The smallest absolute Gasteiger partial charge is 0.126 e. The second kappa shape index (κ2) is 6.01. The van der Waals surface area contributed by atoms with Gasteiger partial charge in [-0.1, -0.05) is 19.9 Å². The Bertz CT molecular complexity index is 301. The van der Waals surface area contributed by atoms with Crippen LogP contribution in [0.1, 0.15) is 13.8 Å². The fraction of sp³-hybridized carbons (Fsp3) is 0.500. The molecule has 15 heavy (non-hydrogen) atoms. The predicted molar refractivity (Wildman–Crippen MR) is 64.1 cm³/mol. The Kier molecular flexibility index (Phi) is 4.95. The minimum absolute atomic E-state index is 0.264. The van der Waals surface area contributed by atoms with Gasteiger partial charge < -0.3 is 4.74 Å². The van der Waals surface area contributed by atoms with E-state index in [2.05, 4.69) is 26.5 Å². The molecule has 0 aliphatic rings. The molecule has 0 fully saturated rings. The number of halogens is 1. The molecule has 84 valence electrons. The van der Waals surface area contributed by atoms with E-state index in [1.165, 1.54) is 12.1 Å². The van der Waals surface area contributed by atoms with Crippen molar-refractivity contribution in [1.29, 1.82) is 0 Å². The minimum Gasteiger partial charge on any atom is -0.493 e. The first-order valence-electron chi connectivity index (χ1n) is 5.12. The number of ether oxygens (including phenoxy) is 1. The van der Waals surface area contributed by atoms with Gasteiger partial charge in [0.1, 0.15) is 11.6 Å². The first-order valence-corrected chi connectivity index (χ1v) is 5.76. The lowest BCUT2D eigenvalue weighted by Gasteiger charge is -2.18. The van der Waals surface area contributed by atoms with Crippen molar-refractivity contribution in [2.45, 2.75) is 13.8 Å². The Morgan fingerprint density at radius 1 is 1.40 bits per heavy atom. The number of hydrogen-bond donors (Lipinski definition) is 1. The Hall–Kier alpha value is -0.700. The number of benzene rings is 1. The van der Waals surface area contributed by atoms with Crippen LogP contribution in [-0.4, -0.2) is 12.4 Å². The van der Waals surface area contributed by atoms with Crippen LogP contribution in [0.15, 0.2) is 24.3 Å². The molecule has 0 saturated carbocycles. The highest BCUT2D eigenvalue weighted by Gasteiger charge is 2.12. The van der Waals surface area contributed by atoms with Gasteiger partial charge in [-0.2, -0.15) is 12.6 Å². The molecule has 0 spiro atoms. The van der Waals surface area contributed by atoms with Gasteiger partial charge >= 0.3 is 0 Å². The van der Waals surface area contributed by atoms with Crippen LogP contribution in [0.3, 0.4) is 0 Å². The third kappa shape index (κ3) is 4.12. The summed E-state index contributed by atoms with van der Waals surface area (Å²) in [5.41, 5.74) is 0. The molecule has 0 aromatic heterocycles. The van der Waals surface area contributed by atoms with Crippen LogP contribution in [-0.2, 0) is 0 Å². The molecular formula is C12H17FOS. The summed E-state index contributed by atoms with van der Waals surface area (Å²) < 4.78 is 18.3. The average Bonchev–Trinajstić information content (AvgIpc) is 2.18.